The van der Waals surface area contributed by atoms with Gasteiger partial charge in [-0.15, -0.1) is 0 Å². The first-order valence-electron chi connectivity index (χ1n) is 10.2. The number of nitrogens with one attached hydrogen (secondary N) is 1. The molecule has 36 heavy (non-hydrogen) atoms. The van der Waals surface area contributed by atoms with Crippen LogP contribution in [0.4, 0.5) is 26.3 Å². The number of pyridine rings is 1. The second-order valence-corrected chi connectivity index (χ2v) is 7.64. The van der Waals surface area contributed by atoms with Crippen LogP contribution in [0, 0.1) is 0 Å². The van der Waals surface area contributed by atoms with Crippen LogP contribution in [0.15, 0.2) is 42.9 Å². The Morgan fingerprint density at radius 3 is 2.00 bits per heavy atom. The number of likely N-dealkylation sites (tertiary alicyclic amines) is 1. The van der Waals surface area contributed by atoms with Crippen LogP contribution < -0.4 is 0 Å². The number of aliphatic carboxylic acids is 2. The predicted octanol–water partition coefficient (Wildman–Crippen LogP) is 3.06. The maximum Gasteiger partial charge on any atom is 0.490 e. The molecule has 0 spiro atoms. The average Bonchev–Trinajstić information content (AvgIpc) is 3.44. The van der Waals surface area contributed by atoms with E-state index in [2.05, 4.69) is 35.0 Å². The smallest absolute Gasteiger partial charge is 0.475 e. The minimum atomic E-state index is -5.08. The van der Waals surface area contributed by atoms with Gasteiger partial charge in [0.05, 0.1) is 6.04 Å². The first kappa shape index (κ1) is 30.4. The second kappa shape index (κ2) is 12.9. The van der Waals surface area contributed by atoms with Crippen molar-refractivity contribution >= 4 is 17.8 Å². The van der Waals surface area contributed by atoms with E-state index in [1.165, 1.54) is 5.56 Å². The Morgan fingerprint density at radius 1 is 1.06 bits per heavy atom. The molecule has 2 aromatic heterocycles. The molecule has 2 atom stereocenters. The van der Waals surface area contributed by atoms with Gasteiger partial charge >= 0.3 is 24.3 Å². The van der Waals surface area contributed by atoms with Gasteiger partial charge in [0.25, 0.3) is 5.91 Å². The Hall–Kier alpha value is -3.62. The number of aromatic nitrogens is 2. The van der Waals surface area contributed by atoms with Gasteiger partial charge in [0.1, 0.15) is 5.69 Å². The van der Waals surface area contributed by atoms with Crippen LogP contribution in [0.2, 0.25) is 0 Å². The number of carboxylic acids is 2. The first-order valence-corrected chi connectivity index (χ1v) is 10.2. The number of alkyl halides is 6. The summed E-state index contributed by atoms with van der Waals surface area (Å²) in [5, 5.41) is 14.2. The van der Waals surface area contributed by atoms with Crippen LogP contribution in [-0.4, -0.2) is 92.9 Å². The number of carbonyl (C=O) groups is 3. The lowest BCUT2D eigenvalue weighted by Crippen LogP contribution is -2.45. The molecule has 1 saturated heterocycles. The third-order valence-electron chi connectivity index (χ3n) is 4.92. The molecular weight excluding hydrogens is 502 g/mol. The van der Waals surface area contributed by atoms with E-state index in [-0.39, 0.29) is 11.9 Å². The molecule has 15 heteroatoms. The van der Waals surface area contributed by atoms with Crippen molar-refractivity contribution in [2.75, 3.05) is 20.6 Å². The fourth-order valence-corrected chi connectivity index (χ4v) is 3.32. The Balaban J connectivity index is 0.000000383. The summed E-state index contributed by atoms with van der Waals surface area (Å²) in [4.78, 5) is 42.0. The van der Waals surface area contributed by atoms with Crippen LogP contribution in [-0.2, 0) is 16.0 Å². The third kappa shape index (κ3) is 9.56. The van der Waals surface area contributed by atoms with E-state index in [1.807, 2.05) is 29.3 Å². The average molecular weight is 526 g/mol. The lowest BCUT2D eigenvalue weighted by molar-refractivity contribution is -0.193. The van der Waals surface area contributed by atoms with Gasteiger partial charge in [-0.25, -0.2) is 9.59 Å². The highest BCUT2D eigenvalue weighted by Crippen LogP contribution is 2.26. The summed E-state index contributed by atoms with van der Waals surface area (Å²) in [6, 6.07) is 8.28. The first-order chi connectivity index (χ1) is 16.6. The molecule has 3 rings (SSSR count). The molecule has 0 radical (unpaired) electrons. The molecule has 0 unspecified atom stereocenters. The standard InChI is InChI=1S/C17H22N4O.2C2HF3O2/c1-20(2)15-7-10-21(17(22)14-6-4-9-19-14)16(15)11-13-5-3-8-18-12-13;2*3-2(4,5)1(6)7/h3-6,8-9,12,15-16,19H,7,10-11H2,1-2H3;2*(H,6,7)/t15-,16+;;/m1../s1. The van der Waals surface area contributed by atoms with Crippen molar-refractivity contribution in [3.05, 3.63) is 54.1 Å². The molecule has 0 saturated carbocycles. The Morgan fingerprint density at radius 2 is 1.61 bits per heavy atom. The zero-order chi connectivity index (χ0) is 27.7. The topological polar surface area (TPSA) is 127 Å². The molecule has 1 amide bonds. The number of carbonyl (C=O) groups excluding carboxylic acids is 1. The number of halogens is 6. The molecule has 1 aliphatic heterocycles. The number of likely N-dealkylation sites (N-methyl/N-ethyl adjacent to an activating group) is 1. The highest BCUT2D eigenvalue weighted by atomic mass is 19.4. The predicted molar refractivity (Wildman–Crippen MR) is 113 cm³/mol. The number of hydrogen-bond donors (Lipinski definition) is 3. The lowest BCUT2D eigenvalue weighted by Gasteiger charge is -2.31. The molecule has 3 heterocycles. The number of hydrogen-bond acceptors (Lipinski definition) is 5. The molecule has 2 aromatic rings. The summed E-state index contributed by atoms with van der Waals surface area (Å²) in [7, 11) is 4.17. The van der Waals surface area contributed by atoms with Gasteiger partial charge in [-0.05, 0) is 50.7 Å². The summed E-state index contributed by atoms with van der Waals surface area (Å²) in [6.07, 6.45) is -2.86. The lowest BCUT2D eigenvalue weighted by atomic mass is 10.0. The second-order valence-electron chi connectivity index (χ2n) is 7.64. The van der Waals surface area contributed by atoms with Gasteiger partial charge in [-0.3, -0.25) is 9.78 Å². The van der Waals surface area contributed by atoms with Crippen molar-refractivity contribution < 1.29 is 50.9 Å². The van der Waals surface area contributed by atoms with E-state index in [4.69, 9.17) is 19.8 Å². The number of amides is 1. The van der Waals surface area contributed by atoms with Crippen LogP contribution in [0.1, 0.15) is 22.5 Å². The largest absolute Gasteiger partial charge is 0.490 e. The SMILES string of the molecule is CN(C)[C@@H]1CCN(C(=O)c2ccc[nH]2)[C@H]1Cc1cccnc1.O=C(O)C(F)(F)F.O=C(O)C(F)(F)F. The van der Waals surface area contributed by atoms with E-state index < -0.39 is 24.3 Å². The minimum Gasteiger partial charge on any atom is -0.475 e. The number of rotatable bonds is 4. The van der Waals surface area contributed by atoms with Crippen molar-refractivity contribution in [1.82, 2.24) is 19.8 Å². The molecule has 1 aliphatic rings. The van der Waals surface area contributed by atoms with Gasteiger partial charge in [0.15, 0.2) is 0 Å². The van der Waals surface area contributed by atoms with E-state index >= 15 is 0 Å². The maximum absolute atomic E-state index is 12.7. The highest BCUT2D eigenvalue weighted by molar-refractivity contribution is 5.93. The van der Waals surface area contributed by atoms with Crippen molar-refractivity contribution in [2.24, 2.45) is 0 Å². The molecule has 200 valence electrons. The van der Waals surface area contributed by atoms with Crippen molar-refractivity contribution in [2.45, 2.75) is 37.3 Å². The highest BCUT2D eigenvalue weighted by Gasteiger charge is 2.39. The molecular formula is C21H24F6N4O5. The molecule has 9 nitrogen and oxygen atoms in total. The molecule has 3 N–H and O–H groups in total. The fraction of sp³-hybridized carbons (Fsp3) is 0.429. The summed E-state index contributed by atoms with van der Waals surface area (Å²) in [6.45, 7) is 0.797. The molecule has 0 aromatic carbocycles. The molecule has 0 aliphatic carbocycles. The quantitative estimate of drug-likeness (QED) is 0.523. The number of nitrogens with zero attached hydrogens (tertiary/aromatic N) is 3. The van der Waals surface area contributed by atoms with Crippen LogP contribution >= 0.6 is 0 Å². The van der Waals surface area contributed by atoms with Gasteiger partial charge in [-0.1, -0.05) is 6.07 Å². The van der Waals surface area contributed by atoms with E-state index in [0.717, 1.165) is 19.4 Å². The number of H-pyrrole nitrogens is 1. The third-order valence-corrected chi connectivity index (χ3v) is 4.92. The van der Waals surface area contributed by atoms with Crippen LogP contribution in [0.3, 0.4) is 0 Å². The van der Waals surface area contributed by atoms with Crippen molar-refractivity contribution in [1.29, 1.82) is 0 Å². The van der Waals surface area contributed by atoms with E-state index in [1.54, 1.807) is 12.4 Å². The van der Waals surface area contributed by atoms with Gasteiger partial charge in [-0.2, -0.15) is 26.3 Å². The van der Waals surface area contributed by atoms with Gasteiger partial charge in [0.2, 0.25) is 0 Å². The Labute approximate surface area is 201 Å². The Kier molecular flexibility index (Phi) is 10.9. The van der Waals surface area contributed by atoms with Crippen LogP contribution in [0.5, 0.6) is 0 Å². The zero-order valence-corrected chi connectivity index (χ0v) is 19.0. The van der Waals surface area contributed by atoms with Gasteiger partial charge in [0, 0.05) is 31.2 Å². The summed E-state index contributed by atoms with van der Waals surface area (Å²) in [5.41, 5.74) is 1.83. The summed E-state index contributed by atoms with van der Waals surface area (Å²) < 4.78 is 63.5. The van der Waals surface area contributed by atoms with E-state index in [0.29, 0.717) is 11.7 Å². The number of aromatic amines is 1. The van der Waals surface area contributed by atoms with Crippen LogP contribution in [0.25, 0.3) is 0 Å². The Bertz CT molecular complexity index is 957. The molecule has 1 fully saturated rings. The number of carboxylic acid groups (broad SMARTS) is 2. The van der Waals surface area contributed by atoms with Gasteiger partial charge < -0.3 is 25.0 Å². The zero-order valence-electron chi connectivity index (χ0n) is 19.0. The normalized spacial score (nSPS) is 17.5. The van der Waals surface area contributed by atoms with Crippen molar-refractivity contribution in [3.8, 4) is 0 Å². The fourth-order valence-electron chi connectivity index (χ4n) is 3.32. The molecule has 0 bridgehead atoms. The van der Waals surface area contributed by atoms with E-state index in [9.17, 15) is 31.1 Å². The summed E-state index contributed by atoms with van der Waals surface area (Å²) in [5.74, 6) is -5.43. The minimum absolute atomic E-state index is 0.0863. The van der Waals surface area contributed by atoms with Crippen molar-refractivity contribution in [3.63, 3.8) is 0 Å². The summed E-state index contributed by atoms with van der Waals surface area (Å²) >= 11 is 0. The monoisotopic (exact) mass is 526 g/mol. The maximum atomic E-state index is 12.7.